The molecule has 3 rings (SSSR count). The Morgan fingerprint density at radius 3 is 1.82 bits per heavy atom. The first-order valence-corrected chi connectivity index (χ1v) is 6.51. The monoisotopic (exact) mass is 240 g/mol. The second kappa shape index (κ2) is 3.61. The van der Waals surface area contributed by atoms with Crippen LogP contribution in [0.4, 0.5) is 4.79 Å². The van der Waals surface area contributed by atoms with Gasteiger partial charge in [0.1, 0.15) is 0 Å². The van der Waals surface area contributed by atoms with Crippen LogP contribution < -0.4 is 5.73 Å². The third-order valence-electron chi connectivity index (χ3n) is 4.60. The summed E-state index contributed by atoms with van der Waals surface area (Å²) in [6.07, 6.45) is 4.88. The molecule has 0 atom stereocenters. The number of rotatable bonds is 1. The third-order valence-corrected chi connectivity index (χ3v) is 4.60. The minimum absolute atomic E-state index is 0.0101. The lowest BCUT2D eigenvalue weighted by Gasteiger charge is -2.58. The molecule has 0 aromatic carbocycles. The van der Waals surface area contributed by atoms with Gasteiger partial charge in [0.05, 0.1) is 0 Å². The summed E-state index contributed by atoms with van der Waals surface area (Å²) in [5.41, 5.74) is 5.77. The normalized spacial score (nSPS) is 36.9. The van der Waals surface area contributed by atoms with Gasteiger partial charge in [0.25, 0.3) is 0 Å². The minimum atomic E-state index is -0.788. The highest BCUT2D eigenvalue weighted by molar-refractivity contribution is 5.67. The van der Waals surface area contributed by atoms with Gasteiger partial charge in [0, 0.05) is 16.6 Å². The van der Waals surface area contributed by atoms with Crippen molar-refractivity contribution in [1.82, 2.24) is 4.90 Å². The van der Waals surface area contributed by atoms with Gasteiger partial charge in [-0.2, -0.15) is 0 Å². The number of nitrogens with two attached hydrogens (primary N) is 1. The van der Waals surface area contributed by atoms with Crippen molar-refractivity contribution in [3.05, 3.63) is 0 Å². The lowest BCUT2D eigenvalue weighted by Crippen LogP contribution is -2.66. The number of hydrogen-bond donors (Lipinski definition) is 2. The second-order valence-corrected chi connectivity index (χ2v) is 6.88. The summed E-state index contributed by atoms with van der Waals surface area (Å²) in [4.78, 5) is 13.3. The Bertz CT molecular complexity index is 308. The maximum atomic E-state index is 11.6. The first-order valence-electron chi connectivity index (χ1n) is 6.51. The van der Waals surface area contributed by atoms with Gasteiger partial charge in [0.15, 0.2) is 0 Å². The molecule has 3 fully saturated rings. The molecule has 3 aliphatic rings. The van der Waals surface area contributed by atoms with E-state index in [1.54, 1.807) is 4.90 Å². The first-order chi connectivity index (χ1) is 7.69. The molecule has 0 spiro atoms. The Hall–Kier alpha value is -0.770. The van der Waals surface area contributed by atoms with Gasteiger partial charge in [-0.15, -0.1) is 0 Å². The molecule has 17 heavy (non-hydrogen) atoms. The fourth-order valence-electron chi connectivity index (χ4n) is 3.73. The average molecular weight is 240 g/mol. The van der Waals surface area contributed by atoms with Gasteiger partial charge in [-0.1, -0.05) is 0 Å². The van der Waals surface area contributed by atoms with Crippen molar-refractivity contribution in [3.8, 4) is 0 Å². The largest absolute Gasteiger partial charge is 0.465 e. The number of carbonyl (C=O) groups is 1. The fraction of sp³-hybridized carbons (Fsp3) is 0.923. The summed E-state index contributed by atoms with van der Waals surface area (Å²) in [7, 11) is 0. The SMILES string of the molecule is CC(C)(C)N(C(=O)O)C12CCC(N)(CC1)CC2. The number of nitrogens with zero attached hydrogens (tertiary/aromatic N) is 1. The van der Waals surface area contributed by atoms with Gasteiger partial charge in [-0.25, -0.2) is 4.79 Å². The van der Waals surface area contributed by atoms with Crippen LogP contribution >= 0.6 is 0 Å². The molecular formula is C13H24N2O2. The lowest BCUT2D eigenvalue weighted by molar-refractivity contribution is -0.0516. The zero-order valence-electron chi connectivity index (χ0n) is 11.1. The zero-order chi connectivity index (χ0) is 12.9. The van der Waals surface area contributed by atoms with E-state index in [0.29, 0.717) is 0 Å². The summed E-state index contributed by atoms with van der Waals surface area (Å²) in [5.74, 6) is 0. The highest BCUT2D eigenvalue weighted by atomic mass is 16.4. The van der Waals surface area contributed by atoms with Gasteiger partial charge in [0.2, 0.25) is 0 Å². The van der Waals surface area contributed by atoms with Crippen molar-refractivity contribution in [1.29, 1.82) is 0 Å². The quantitative estimate of drug-likeness (QED) is 0.740. The van der Waals surface area contributed by atoms with E-state index < -0.39 is 6.09 Å². The van der Waals surface area contributed by atoms with Crippen LogP contribution in [0.15, 0.2) is 0 Å². The molecule has 0 unspecified atom stereocenters. The molecule has 98 valence electrons. The van der Waals surface area contributed by atoms with E-state index in [4.69, 9.17) is 5.73 Å². The van der Waals surface area contributed by atoms with Crippen molar-refractivity contribution in [3.63, 3.8) is 0 Å². The van der Waals surface area contributed by atoms with Crippen LogP contribution in [0.25, 0.3) is 0 Å². The van der Waals surface area contributed by atoms with E-state index >= 15 is 0 Å². The Kier molecular flexibility index (Phi) is 2.69. The molecule has 3 N–H and O–H groups in total. The van der Waals surface area contributed by atoms with Crippen molar-refractivity contribution in [2.75, 3.05) is 0 Å². The first kappa shape index (κ1) is 12.7. The average Bonchev–Trinajstić information content (AvgIpc) is 2.17. The third kappa shape index (κ3) is 2.03. The predicted octanol–water partition coefficient (Wildman–Crippen LogP) is 2.57. The predicted molar refractivity (Wildman–Crippen MR) is 67.0 cm³/mol. The van der Waals surface area contributed by atoms with Crippen LogP contribution in [0.3, 0.4) is 0 Å². The van der Waals surface area contributed by atoms with Crippen molar-refractivity contribution < 1.29 is 9.90 Å². The topological polar surface area (TPSA) is 66.6 Å². The van der Waals surface area contributed by atoms with E-state index in [1.165, 1.54) is 0 Å². The van der Waals surface area contributed by atoms with E-state index in [2.05, 4.69) is 0 Å². The van der Waals surface area contributed by atoms with Crippen molar-refractivity contribution >= 4 is 6.09 Å². The van der Waals surface area contributed by atoms with Crippen LogP contribution in [0.1, 0.15) is 59.3 Å². The van der Waals surface area contributed by atoms with Crippen LogP contribution in [-0.4, -0.2) is 32.7 Å². The molecule has 0 aromatic rings. The molecule has 1 amide bonds. The Labute approximate surface area is 103 Å². The van der Waals surface area contributed by atoms with E-state index in [9.17, 15) is 9.90 Å². The molecule has 3 aliphatic carbocycles. The number of fused-ring (bicyclic) bond motifs is 3. The highest BCUT2D eigenvalue weighted by Crippen LogP contribution is 2.50. The highest BCUT2D eigenvalue weighted by Gasteiger charge is 2.53. The fourth-order valence-corrected chi connectivity index (χ4v) is 3.73. The molecule has 0 saturated heterocycles. The summed E-state index contributed by atoms with van der Waals surface area (Å²) in [5, 5.41) is 9.53. The number of hydrogen-bond acceptors (Lipinski definition) is 2. The van der Waals surface area contributed by atoms with E-state index in [-0.39, 0.29) is 16.6 Å². The van der Waals surface area contributed by atoms with Gasteiger partial charge >= 0.3 is 6.09 Å². The maximum Gasteiger partial charge on any atom is 0.408 e. The molecule has 4 nitrogen and oxygen atoms in total. The summed E-state index contributed by atoms with van der Waals surface area (Å²) in [6, 6.07) is 0. The smallest absolute Gasteiger partial charge is 0.408 e. The summed E-state index contributed by atoms with van der Waals surface area (Å²) >= 11 is 0. The molecule has 2 bridgehead atoms. The maximum absolute atomic E-state index is 11.6. The molecular weight excluding hydrogens is 216 g/mol. The van der Waals surface area contributed by atoms with E-state index in [1.807, 2.05) is 20.8 Å². The number of carboxylic acid groups (broad SMARTS) is 1. The Morgan fingerprint density at radius 1 is 1.12 bits per heavy atom. The zero-order valence-corrected chi connectivity index (χ0v) is 11.1. The van der Waals surface area contributed by atoms with Gasteiger partial charge in [-0.3, -0.25) is 4.90 Å². The molecule has 0 radical (unpaired) electrons. The van der Waals surface area contributed by atoms with Crippen LogP contribution in [-0.2, 0) is 0 Å². The molecule has 4 heteroatoms. The lowest BCUT2D eigenvalue weighted by atomic mass is 9.60. The molecule has 0 heterocycles. The molecule has 0 aliphatic heterocycles. The summed E-state index contributed by atoms with van der Waals surface area (Å²) in [6.45, 7) is 5.94. The van der Waals surface area contributed by atoms with Gasteiger partial charge in [-0.05, 0) is 59.3 Å². The molecule has 3 saturated carbocycles. The second-order valence-electron chi connectivity index (χ2n) is 6.88. The Morgan fingerprint density at radius 2 is 1.53 bits per heavy atom. The van der Waals surface area contributed by atoms with Crippen LogP contribution in [0, 0.1) is 0 Å². The van der Waals surface area contributed by atoms with Crippen LogP contribution in [0.5, 0.6) is 0 Å². The minimum Gasteiger partial charge on any atom is -0.465 e. The van der Waals surface area contributed by atoms with Crippen LogP contribution in [0.2, 0.25) is 0 Å². The van der Waals surface area contributed by atoms with Gasteiger partial charge < -0.3 is 10.8 Å². The summed E-state index contributed by atoms with van der Waals surface area (Å²) < 4.78 is 0. The molecule has 0 aromatic heterocycles. The standard InChI is InChI=1S/C13H24N2O2/c1-11(2,3)15(10(16)17)13-7-4-12(14,5-8-13)6-9-13/h4-9,14H2,1-3H3,(H,16,17). The number of amides is 1. The van der Waals surface area contributed by atoms with Crippen molar-refractivity contribution in [2.24, 2.45) is 5.73 Å². The van der Waals surface area contributed by atoms with Crippen molar-refractivity contribution in [2.45, 2.75) is 75.9 Å². The van der Waals surface area contributed by atoms with E-state index in [0.717, 1.165) is 38.5 Å². The Balaban J connectivity index is 2.29.